The minimum absolute atomic E-state index is 0.0600. The summed E-state index contributed by atoms with van der Waals surface area (Å²) < 4.78 is 16.3. The van der Waals surface area contributed by atoms with Crippen LogP contribution in [-0.2, 0) is 10.2 Å². The number of hydrogen-bond donors (Lipinski definition) is 1. The van der Waals surface area contributed by atoms with Crippen molar-refractivity contribution in [3.05, 3.63) is 23.8 Å². The molecule has 98 valence electrons. The Morgan fingerprint density at radius 2 is 2.06 bits per heavy atom. The normalized spacial score (nSPS) is 21.4. The molecule has 2 aliphatic heterocycles. The summed E-state index contributed by atoms with van der Waals surface area (Å²) in [5, 5.41) is 0. The second kappa shape index (κ2) is 4.44. The van der Waals surface area contributed by atoms with Gasteiger partial charge < -0.3 is 19.9 Å². The Bertz CT molecular complexity index is 439. The van der Waals surface area contributed by atoms with Gasteiger partial charge in [-0.25, -0.2) is 0 Å². The van der Waals surface area contributed by atoms with Crippen LogP contribution < -0.4 is 15.2 Å². The van der Waals surface area contributed by atoms with Crippen molar-refractivity contribution < 1.29 is 14.2 Å². The summed E-state index contributed by atoms with van der Waals surface area (Å²) in [6, 6.07) is 6.19. The molecule has 4 heteroatoms. The van der Waals surface area contributed by atoms with Gasteiger partial charge in [-0.2, -0.15) is 0 Å². The zero-order valence-corrected chi connectivity index (χ0v) is 10.6. The van der Waals surface area contributed by atoms with Crippen molar-refractivity contribution in [1.82, 2.24) is 0 Å². The SMILES string of the molecule is CCC(CN)C1(c2ccc3c(c2)OCO3)COC1. The summed E-state index contributed by atoms with van der Waals surface area (Å²) in [6.07, 6.45) is 1.06. The Labute approximate surface area is 107 Å². The number of nitrogens with two attached hydrogens (primary N) is 1. The largest absolute Gasteiger partial charge is 0.454 e. The van der Waals surface area contributed by atoms with Gasteiger partial charge in [-0.15, -0.1) is 0 Å². The molecular weight excluding hydrogens is 230 g/mol. The van der Waals surface area contributed by atoms with Crippen LogP contribution in [0, 0.1) is 5.92 Å². The van der Waals surface area contributed by atoms with Crippen LogP contribution in [0.1, 0.15) is 18.9 Å². The predicted octanol–water partition coefficient (Wildman–Crippen LogP) is 1.67. The molecule has 1 atom stereocenters. The quantitative estimate of drug-likeness (QED) is 0.882. The van der Waals surface area contributed by atoms with Crippen LogP contribution in [0.5, 0.6) is 11.5 Å². The number of ether oxygens (including phenoxy) is 3. The third-order valence-corrected chi connectivity index (χ3v) is 4.23. The van der Waals surface area contributed by atoms with Gasteiger partial charge in [0, 0.05) is 5.41 Å². The maximum absolute atomic E-state index is 5.92. The molecule has 2 N–H and O–H groups in total. The number of benzene rings is 1. The van der Waals surface area contributed by atoms with Crippen LogP contribution in [0.2, 0.25) is 0 Å². The lowest BCUT2D eigenvalue weighted by Crippen LogP contribution is -2.54. The highest BCUT2D eigenvalue weighted by atomic mass is 16.7. The molecule has 2 aliphatic rings. The van der Waals surface area contributed by atoms with E-state index >= 15 is 0 Å². The van der Waals surface area contributed by atoms with E-state index in [0.29, 0.717) is 19.3 Å². The summed E-state index contributed by atoms with van der Waals surface area (Å²) in [5.74, 6) is 2.12. The van der Waals surface area contributed by atoms with Gasteiger partial charge in [0.1, 0.15) is 0 Å². The van der Waals surface area contributed by atoms with Gasteiger partial charge in [0.05, 0.1) is 13.2 Å². The number of rotatable bonds is 4. The summed E-state index contributed by atoms with van der Waals surface area (Å²) in [7, 11) is 0. The van der Waals surface area contributed by atoms with Crippen molar-refractivity contribution >= 4 is 0 Å². The highest BCUT2D eigenvalue weighted by Gasteiger charge is 2.46. The average Bonchev–Trinajstić information content (AvgIpc) is 2.80. The maximum atomic E-state index is 5.92. The lowest BCUT2D eigenvalue weighted by atomic mass is 9.67. The lowest BCUT2D eigenvalue weighted by Gasteiger charge is -2.47. The molecule has 18 heavy (non-hydrogen) atoms. The summed E-state index contributed by atoms with van der Waals surface area (Å²) in [4.78, 5) is 0. The first kappa shape index (κ1) is 11.8. The Hall–Kier alpha value is -1.26. The average molecular weight is 249 g/mol. The molecule has 4 nitrogen and oxygen atoms in total. The fourth-order valence-electron chi connectivity index (χ4n) is 2.95. The fraction of sp³-hybridized carbons (Fsp3) is 0.571. The molecule has 1 aromatic carbocycles. The van der Waals surface area contributed by atoms with E-state index in [1.54, 1.807) is 0 Å². The highest BCUT2D eigenvalue weighted by Crippen LogP contribution is 2.44. The first-order chi connectivity index (χ1) is 8.80. The molecule has 0 aromatic heterocycles. The fourth-order valence-corrected chi connectivity index (χ4v) is 2.95. The van der Waals surface area contributed by atoms with Gasteiger partial charge in [-0.3, -0.25) is 0 Å². The van der Waals surface area contributed by atoms with E-state index < -0.39 is 0 Å². The summed E-state index contributed by atoms with van der Waals surface area (Å²) in [5.41, 5.74) is 7.24. The van der Waals surface area contributed by atoms with Crippen LogP contribution in [-0.4, -0.2) is 26.6 Å². The Morgan fingerprint density at radius 3 is 2.67 bits per heavy atom. The molecule has 0 amide bonds. The third kappa shape index (κ3) is 1.60. The standard InChI is InChI=1S/C14H19NO3/c1-2-10(6-15)14(7-16-8-14)11-3-4-12-13(5-11)18-9-17-12/h3-5,10H,2,6-9,15H2,1H3. The second-order valence-corrected chi connectivity index (χ2v) is 5.06. The van der Waals surface area contributed by atoms with Gasteiger partial charge in [0.2, 0.25) is 6.79 Å². The van der Waals surface area contributed by atoms with Crippen LogP contribution in [0.3, 0.4) is 0 Å². The minimum atomic E-state index is 0.0600. The Balaban J connectivity index is 1.96. The van der Waals surface area contributed by atoms with Gasteiger partial charge >= 0.3 is 0 Å². The first-order valence-corrected chi connectivity index (χ1v) is 6.48. The van der Waals surface area contributed by atoms with Gasteiger partial charge in [-0.1, -0.05) is 19.4 Å². The molecule has 3 rings (SSSR count). The van der Waals surface area contributed by atoms with Crippen molar-refractivity contribution in [3.63, 3.8) is 0 Å². The number of hydrogen-bond acceptors (Lipinski definition) is 4. The first-order valence-electron chi connectivity index (χ1n) is 6.48. The monoisotopic (exact) mass is 249 g/mol. The van der Waals surface area contributed by atoms with E-state index in [1.165, 1.54) is 5.56 Å². The molecule has 1 saturated heterocycles. The minimum Gasteiger partial charge on any atom is -0.454 e. The Morgan fingerprint density at radius 1 is 1.28 bits per heavy atom. The van der Waals surface area contributed by atoms with E-state index in [4.69, 9.17) is 19.9 Å². The molecule has 0 bridgehead atoms. The van der Waals surface area contributed by atoms with Crippen molar-refractivity contribution in [2.24, 2.45) is 11.7 Å². The number of fused-ring (bicyclic) bond motifs is 1. The molecule has 1 unspecified atom stereocenters. The van der Waals surface area contributed by atoms with Crippen molar-refractivity contribution in [1.29, 1.82) is 0 Å². The molecule has 0 spiro atoms. The predicted molar refractivity (Wildman–Crippen MR) is 67.9 cm³/mol. The summed E-state index contributed by atoms with van der Waals surface area (Å²) >= 11 is 0. The Kier molecular flexibility index (Phi) is 2.92. The maximum Gasteiger partial charge on any atom is 0.231 e. The van der Waals surface area contributed by atoms with Crippen molar-refractivity contribution in [2.45, 2.75) is 18.8 Å². The lowest BCUT2D eigenvalue weighted by molar-refractivity contribution is -0.0898. The van der Waals surface area contributed by atoms with Crippen LogP contribution in [0.15, 0.2) is 18.2 Å². The molecular formula is C14H19NO3. The topological polar surface area (TPSA) is 53.7 Å². The van der Waals surface area contributed by atoms with Gasteiger partial charge in [-0.05, 0) is 30.2 Å². The molecule has 0 aliphatic carbocycles. The van der Waals surface area contributed by atoms with Gasteiger partial charge in [0.25, 0.3) is 0 Å². The zero-order chi connectivity index (χ0) is 12.6. The van der Waals surface area contributed by atoms with E-state index in [1.807, 2.05) is 6.07 Å². The highest BCUT2D eigenvalue weighted by molar-refractivity contribution is 5.47. The molecule has 0 radical (unpaired) electrons. The van der Waals surface area contributed by atoms with Crippen LogP contribution in [0.4, 0.5) is 0 Å². The van der Waals surface area contributed by atoms with Crippen molar-refractivity contribution in [2.75, 3.05) is 26.6 Å². The third-order valence-electron chi connectivity index (χ3n) is 4.23. The summed E-state index contributed by atoms with van der Waals surface area (Å²) in [6.45, 7) is 4.69. The zero-order valence-electron chi connectivity index (χ0n) is 10.6. The smallest absolute Gasteiger partial charge is 0.231 e. The van der Waals surface area contributed by atoms with Crippen LogP contribution in [0.25, 0.3) is 0 Å². The van der Waals surface area contributed by atoms with E-state index in [-0.39, 0.29) is 5.41 Å². The van der Waals surface area contributed by atoms with E-state index in [0.717, 1.165) is 31.1 Å². The molecule has 2 heterocycles. The molecule has 0 saturated carbocycles. The van der Waals surface area contributed by atoms with E-state index in [9.17, 15) is 0 Å². The van der Waals surface area contributed by atoms with Crippen molar-refractivity contribution in [3.8, 4) is 11.5 Å². The molecule has 1 fully saturated rings. The molecule has 1 aromatic rings. The van der Waals surface area contributed by atoms with Crippen LogP contribution >= 0.6 is 0 Å². The second-order valence-electron chi connectivity index (χ2n) is 5.06. The van der Waals surface area contributed by atoms with Gasteiger partial charge in [0.15, 0.2) is 11.5 Å². The van der Waals surface area contributed by atoms with E-state index in [2.05, 4.69) is 19.1 Å².